The average Bonchev–Trinajstić information content (AvgIpc) is 2.27. The molecule has 1 fully saturated rings. The maximum absolute atomic E-state index is 9.71. The summed E-state index contributed by atoms with van der Waals surface area (Å²) in [5.74, 6) is 0. The highest BCUT2D eigenvalue weighted by molar-refractivity contribution is 5.37. The number of aliphatic hydroxyl groups excluding tert-OH is 1. The van der Waals surface area contributed by atoms with Gasteiger partial charge < -0.3 is 10.8 Å². The number of rotatable bonds is 3. The first kappa shape index (κ1) is 14.5. The van der Waals surface area contributed by atoms with Gasteiger partial charge in [-0.05, 0) is 41.9 Å². The minimum absolute atomic E-state index is 0.0476. The van der Waals surface area contributed by atoms with Crippen molar-refractivity contribution in [3.8, 4) is 0 Å². The van der Waals surface area contributed by atoms with E-state index < -0.39 is 0 Å². The van der Waals surface area contributed by atoms with Crippen LogP contribution in [0.1, 0.15) is 62.8 Å². The summed E-state index contributed by atoms with van der Waals surface area (Å²) in [6.07, 6.45) is 3.28. The zero-order valence-electron chi connectivity index (χ0n) is 12.7. The van der Waals surface area contributed by atoms with Gasteiger partial charge in [0.1, 0.15) is 0 Å². The predicted octanol–water partition coefficient (Wildman–Crippen LogP) is 3.45. The molecule has 2 nitrogen and oxygen atoms in total. The first-order valence-corrected chi connectivity index (χ1v) is 7.28. The summed E-state index contributed by atoms with van der Waals surface area (Å²) in [6, 6.07) is 6.56. The number of hydrogen-bond donors (Lipinski definition) is 2. The molecule has 0 aromatic heterocycles. The molecule has 3 N–H and O–H groups in total. The van der Waals surface area contributed by atoms with Gasteiger partial charge in [0.25, 0.3) is 0 Å². The second kappa shape index (κ2) is 4.92. The largest absolute Gasteiger partial charge is 0.396 e. The van der Waals surface area contributed by atoms with Gasteiger partial charge in [-0.2, -0.15) is 0 Å². The number of aryl methyl sites for hydroxylation is 1. The molecule has 0 radical (unpaired) electrons. The third kappa shape index (κ3) is 2.56. The Kier molecular flexibility index (Phi) is 3.76. The highest BCUT2D eigenvalue weighted by atomic mass is 16.3. The predicted molar refractivity (Wildman–Crippen MR) is 80.2 cm³/mol. The molecular formula is C17H27NO. The molecule has 1 aliphatic rings. The molecule has 0 spiro atoms. The van der Waals surface area contributed by atoms with Crippen molar-refractivity contribution in [3.63, 3.8) is 0 Å². The lowest BCUT2D eigenvalue weighted by atomic mass is 9.62. The quantitative estimate of drug-likeness (QED) is 0.875. The van der Waals surface area contributed by atoms with E-state index in [1.54, 1.807) is 0 Å². The summed E-state index contributed by atoms with van der Waals surface area (Å²) in [5.41, 5.74) is 10.3. The average molecular weight is 261 g/mol. The summed E-state index contributed by atoms with van der Waals surface area (Å²) in [4.78, 5) is 0. The van der Waals surface area contributed by atoms with E-state index in [1.807, 2.05) is 0 Å². The van der Waals surface area contributed by atoms with E-state index in [1.165, 1.54) is 23.1 Å². The van der Waals surface area contributed by atoms with Crippen LogP contribution >= 0.6 is 0 Å². The van der Waals surface area contributed by atoms with Crippen molar-refractivity contribution in [1.29, 1.82) is 0 Å². The standard InChI is InChI=1S/C17H27NO/c1-12-6-7-13(16(2,3)4)10-14(12)15(18)17(11-19)8-5-9-17/h6-7,10,15,19H,5,8-9,11,18H2,1-4H3. The molecule has 0 amide bonds. The highest BCUT2D eigenvalue weighted by Gasteiger charge is 2.43. The minimum atomic E-state index is -0.0821. The number of aliphatic hydroxyl groups is 1. The number of benzene rings is 1. The van der Waals surface area contributed by atoms with Gasteiger partial charge in [0.2, 0.25) is 0 Å². The maximum atomic E-state index is 9.71. The van der Waals surface area contributed by atoms with Crippen molar-refractivity contribution in [1.82, 2.24) is 0 Å². The lowest BCUT2D eigenvalue weighted by molar-refractivity contribution is 0.0182. The first-order chi connectivity index (χ1) is 8.80. The Labute approximate surface area is 117 Å². The molecule has 1 atom stereocenters. The van der Waals surface area contributed by atoms with Gasteiger partial charge in [-0.15, -0.1) is 0 Å². The van der Waals surface area contributed by atoms with Crippen LogP contribution in [0.3, 0.4) is 0 Å². The molecule has 2 rings (SSSR count). The summed E-state index contributed by atoms with van der Waals surface area (Å²) in [7, 11) is 0. The molecule has 19 heavy (non-hydrogen) atoms. The fourth-order valence-corrected chi connectivity index (χ4v) is 2.97. The lowest BCUT2D eigenvalue weighted by Crippen LogP contribution is -2.43. The van der Waals surface area contributed by atoms with Crippen molar-refractivity contribution in [2.24, 2.45) is 11.1 Å². The second-order valence-electron chi connectivity index (χ2n) is 7.17. The Morgan fingerprint density at radius 1 is 1.32 bits per heavy atom. The number of hydrogen-bond acceptors (Lipinski definition) is 2. The van der Waals surface area contributed by atoms with Crippen molar-refractivity contribution in [2.75, 3.05) is 6.61 Å². The SMILES string of the molecule is Cc1ccc(C(C)(C)C)cc1C(N)C1(CO)CCC1. The molecule has 1 aliphatic carbocycles. The van der Waals surface area contributed by atoms with Gasteiger partial charge in [0, 0.05) is 11.5 Å². The van der Waals surface area contributed by atoms with Crippen LogP contribution < -0.4 is 5.73 Å². The van der Waals surface area contributed by atoms with Gasteiger partial charge in [-0.25, -0.2) is 0 Å². The Morgan fingerprint density at radius 2 is 1.95 bits per heavy atom. The maximum Gasteiger partial charge on any atom is 0.0505 e. The van der Waals surface area contributed by atoms with E-state index in [0.717, 1.165) is 12.8 Å². The summed E-state index contributed by atoms with van der Waals surface area (Å²) < 4.78 is 0. The smallest absolute Gasteiger partial charge is 0.0505 e. The van der Waals surface area contributed by atoms with Crippen LogP contribution in [-0.4, -0.2) is 11.7 Å². The molecule has 2 heteroatoms. The Hall–Kier alpha value is -0.860. The van der Waals surface area contributed by atoms with Gasteiger partial charge in [-0.3, -0.25) is 0 Å². The zero-order valence-corrected chi connectivity index (χ0v) is 12.7. The highest BCUT2D eigenvalue weighted by Crippen LogP contribution is 2.49. The molecule has 1 saturated carbocycles. The van der Waals surface area contributed by atoms with Gasteiger partial charge in [-0.1, -0.05) is 45.4 Å². The monoisotopic (exact) mass is 261 g/mol. The molecule has 106 valence electrons. The molecule has 0 bridgehead atoms. The van der Waals surface area contributed by atoms with Crippen LogP contribution in [0.2, 0.25) is 0 Å². The molecule has 0 saturated heterocycles. The van der Waals surface area contributed by atoms with Crippen LogP contribution in [0.5, 0.6) is 0 Å². The zero-order chi connectivity index (χ0) is 14.3. The van der Waals surface area contributed by atoms with E-state index in [0.29, 0.717) is 0 Å². The Morgan fingerprint density at radius 3 is 2.37 bits per heavy atom. The fourth-order valence-electron chi connectivity index (χ4n) is 2.97. The Bertz CT molecular complexity index is 449. The van der Waals surface area contributed by atoms with E-state index in [2.05, 4.69) is 45.9 Å². The second-order valence-corrected chi connectivity index (χ2v) is 7.17. The van der Waals surface area contributed by atoms with Gasteiger partial charge in [0.15, 0.2) is 0 Å². The van der Waals surface area contributed by atoms with E-state index >= 15 is 0 Å². The molecule has 1 aromatic carbocycles. The van der Waals surface area contributed by atoms with Crippen LogP contribution in [0.4, 0.5) is 0 Å². The van der Waals surface area contributed by atoms with Gasteiger partial charge in [0.05, 0.1) is 6.61 Å². The van der Waals surface area contributed by atoms with E-state index in [9.17, 15) is 5.11 Å². The third-order valence-electron chi connectivity index (χ3n) is 4.80. The molecular weight excluding hydrogens is 234 g/mol. The normalized spacial score (nSPS) is 19.9. The van der Waals surface area contributed by atoms with Crippen LogP contribution in [0.25, 0.3) is 0 Å². The fraction of sp³-hybridized carbons (Fsp3) is 0.647. The topological polar surface area (TPSA) is 46.2 Å². The van der Waals surface area contributed by atoms with Crippen molar-refractivity contribution >= 4 is 0 Å². The minimum Gasteiger partial charge on any atom is -0.396 e. The van der Waals surface area contributed by atoms with Crippen LogP contribution in [0.15, 0.2) is 18.2 Å². The molecule has 0 aliphatic heterocycles. The third-order valence-corrected chi connectivity index (χ3v) is 4.80. The Balaban J connectivity index is 2.38. The number of nitrogens with two attached hydrogens (primary N) is 1. The molecule has 1 unspecified atom stereocenters. The summed E-state index contributed by atoms with van der Waals surface area (Å²) >= 11 is 0. The first-order valence-electron chi connectivity index (χ1n) is 7.28. The lowest BCUT2D eigenvalue weighted by Gasteiger charge is -2.45. The van der Waals surface area contributed by atoms with Crippen molar-refractivity contribution in [2.45, 2.75) is 58.4 Å². The van der Waals surface area contributed by atoms with Crippen molar-refractivity contribution in [3.05, 3.63) is 34.9 Å². The van der Waals surface area contributed by atoms with E-state index in [-0.39, 0.29) is 23.5 Å². The van der Waals surface area contributed by atoms with Crippen LogP contribution in [0, 0.1) is 12.3 Å². The summed E-state index contributed by atoms with van der Waals surface area (Å²) in [5, 5.41) is 9.71. The van der Waals surface area contributed by atoms with Crippen LogP contribution in [-0.2, 0) is 5.41 Å². The molecule has 1 aromatic rings. The van der Waals surface area contributed by atoms with Gasteiger partial charge >= 0.3 is 0 Å². The van der Waals surface area contributed by atoms with Crippen molar-refractivity contribution < 1.29 is 5.11 Å². The van der Waals surface area contributed by atoms with E-state index in [4.69, 9.17) is 5.73 Å². The molecule has 0 heterocycles. The summed E-state index contributed by atoms with van der Waals surface area (Å²) in [6.45, 7) is 8.98.